The average molecular weight is 214 g/mol. The second-order valence-electron chi connectivity index (χ2n) is 3.37. The first kappa shape index (κ1) is 11.5. The van der Waals surface area contributed by atoms with Gasteiger partial charge in [0.1, 0.15) is 12.2 Å². The molecule has 1 atom stereocenters. The maximum atomic E-state index is 4.00. The minimum Gasteiger partial charge on any atom is -0.320 e. The van der Waals surface area contributed by atoms with Gasteiger partial charge in [0.15, 0.2) is 0 Å². The molecule has 0 saturated heterocycles. The number of aromatic nitrogens is 3. The topological polar surface area (TPSA) is 42.7 Å². The van der Waals surface area contributed by atoms with Crippen LogP contribution in [0.2, 0.25) is 0 Å². The molecule has 5 heteroatoms. The van der Waals surface area contributed by atoms with E-state index in [1.165, 1.54) is 6.42 Å². The zero-order valence-electron chi connectivity index (χ0n) is 9.03. The fraction of sp³-hybridized carbons (Fsp3) is 0.778. The monoisotopic (exact) mass is 214 g/mol. The predicted octanol–water partition coefficient (Wildman–Crippen LogP) is 1.05. The van der Waals surface area contributed by atoms with E-state index in [-0.39, 0.29) is 0 Å². The Bertz CT molecular complexity index is 261. The fourth-order valence-corrected chi connectivity index (χ4v) is 1.44. The Hall–Kier alpha value is -0.550. The molecule has 14 heavy (non-hydrogen) atoms. The number of hydrogen-bond donors (Lipinski definition) is 1. The lowest BCUT2D eigenvalue weighted by molar-refractivity contribution is 0.612. The van der Waals surface area contributed by atoms with Crippen LogP contribution in [0.1, 0.15) is 19.2 Å². The molecular weight excluding hydrogens is 196 g/mol. The molecule has 1 heterocycles. The third kappa shape index (κ3) is 3.67. The summed E-state index contributed by atoms with van der Waals surface area (Å²) in [5.74, 6) is 0.988. The highest BCUT2D eigenvalue weighted by Gasteiger charge is 2.01. The second kappa shape index (κ2) is 6.03. The number of thioether (sulfide) groups is 1. The summed E-state index contributed by atoms with van der Waals surface area (Å²) in [4.78, 5) is 0. The number of nitrogens with one attached hydrogen (secondary N) is 1. The molecule has 0 radical (unpaired) electrons. The minimum absolute atomic E-state index is 0.724. The van der Waals surface area contributed by atoms with E-state index in [9.17, 15) is 0 Å². The van der Waals surface area contributed by atoms with Crippen LogP contribution in [-0.2, 0) is 13.6 Å². The Labute approximate surface area is 89.5 Å². The fourth-order valence-electron chi connectivity index (χ4n) is 1.09. The second-order valence-corrected chi connectivity index (χ2v) is 4.65. The number of rotatable bonds is 6. The molecule has 1 aromatic rings. The van der Waals surface area contributed by atoms with Crippen molar-refractivity contribution in [3.8, 4) is 0 Å². The molecule has 0 fully saturated rings. The standard InChI is InChI=1S/C9H18N4S/c1-8(14-3)4-5-10-6-9-12-11-7-13(9)2/h7-8,10H,4-6H2,1-3H3. The van der Waals surface area contributed by atoms with Crippen LogP contribution in [-0.4, -0.2) is 32.8 Å². The molecule has 1 unspecified atom stereocenters. The van der Waals surface area contributed by atoms with Gasteiger partial charge < -0.3 is 9.88 Å². The Morgan fingerprint density at radius 1 is 1.64 bits per heavy atom. The van der Waals surface area contributed by atoms with Crippen molar-refractivity contribution < 1.29 is 0 Å². The molecule has 0 aliphatic rings. The summed E-state index contributed by atoms with van der Waals surface area (Å²) >= 11 is 1.90. The van der Waals surface area contributed by atoms with Crippen molar-refractivity contribution in [1.82, 2.24) is 20.1 Å². The van der Waals surface area contributed by atoms with Gasteiger partial charge in [0.05, 0.1) is 6.54 Å². The SMILES string of the molecule is CSC(C)CCNCc1nncn1C. The smallest absolute Gasteiger partial charge is 0.146 e. The quantitative estimate of drug-likeness (QED) is 0.719. The van der Waals surface area contributed by atoms with Gasteiger partial charge in [-0.2, -0.15) is 11.8 Å². The van der Waals surface area contributed by atoms with Gasteiger partial charge >= 0.3 is 0 Å². The van der Waals surface area contributed by atoms with Crippen LogP contribution < -0.4 is 5.32 Å². The number of aryl methyl sites for hydroxylation is 1. The zero-order chi connectivity index (χ0) is 10.4. The van der Waals surface area contributed by atoms with Gasteiger partial charge in [0, 0.05) is 12.3 Å². The van der Waals surface area contributed by atoms with Crippen molar-refractivity contribution in [3.05, 3.63) is 12.2 Å². The Morgan fingerprint density at radius 2 is 2.43 bits per heavy atom. The summed E-state index contributed by atoms with van der Waals surface area (Å²) < 4.78 is 1.94. The molecule has 1 N–H and O–H groups in total. The molecule has 0 bridgehead atoms. The molecule has 0 saturated carbocycles. The maximum absolute atomic E-state index is 4.00. The van der Waals surface area contributed by atoms with E-state index < -0.39 is 0 Å². The molecule has 0 aliphatic carbocycles. The highest BCUT2D eigenvalue weighted by atomic mass is 32.2. The van der Waals surface area contributed by atoms with E-state index in [0.29, 0.717) is 0 Å². The first-order valence-corrected chi connectivity index (χ1v) is 6.09. The summed E-state index contributed by atoms with van der Waals surface area (Å²) in [6.07, 6.45) is 5.06. The summed E-state index contributed by atoms with van der Waals surface area (Å²) in [6.45, 7) is 4.08. The molecule has 0 amide bonds. The predicted molar refractivity (Wildman–Crippen MR) is 60.3 cm³/mol. The van der Waals surface area contributed by atoms with Gasteiger partial charge in [-0.15, -0.1) is 10.2 Å². The van der Waals surface area contributed by atoms with Crippen LogP contribution in [0, 0.1) is 0 Å². The number of hydrogen-bond acceptors (Lipinski definition) is 4. The third-order valence-electron chi connectivity index (χ3n) is 2.22. The van der Waals surface area contributed by atoms with E-state index in [2.05, 4.69) is 28.7 Å². The Balaban J connectivity index is 2.13. The maximum Gasteiger partial charge on any atom is 0.146 e. The van der Waals surface area contributed by atoms with Gasteiger partial charge in [-0.25, -0.2) is 0 Å². The van der Waals surface area contributed by atoms with E-state index in [4.69, 9.17) is 0 Å². The van der Waals surface area contributed by atoms with Crippen LogP contribution in [0.15, 0.2) is 6.33 Å². The Morgan fingerprint density at radius 3 is 3.00 bits per heavy atom. The van der Waals surface area contributed by atoms with Gasteiger partial charge in [0.25, 0.3) is 0 Å². The lowest BCUT2D eigenvalue weighted by Crippen LogP contribution is -2.19. The summed E-state index contributed by atoms with van der Waals surface area (Å²) in [5, 5.41) is 11.9. The Kier molecular flexibility index (Phi) is 4.97. The van der Waals surface area contributed by atoms with Crippen LogP contribution in [0.3, 0.4) is 0 Å². The molecular formula is C9H18N4S. The molecule has 0 aliphatic heterocycles. The van der Waals surface area contributed by atoms with Gasteiger partial charge in [-0.3, -0.25) is 0 Å². The van der Waals surface area contributed by atoms with E-state index in [0.717, 1.165) is 24.2 Å². The molecule has 1 rings (SSSR count). The van der Waals surface area contributed by atoms with Crippen LogP contribution in [0.5, 0.6) is 0 Å². The summed E-state index contributed by atoms with van der Waals surface area (Å²) in [5.41, 5.74) is 0. The van der Waals surface area contributed by atoms with Crippen molar-refractivity contribution >= 4 is 11.8 Å². The lowest BCUT2D eigenvalue weighted by Gasteiger charge is -2.08. The van der Waals surface area contributed by atoms with Crippen molar-refractivity contribution in [2.75, 3.05) is 12.8 Å². The molecule has 1 aromatic heterocycles. The van der Waals surface area contributed by atoms with Gasteiger partial charge in [0.2, 0.25) is 0 Å². The summed E-state index contributed by atoms with van der Waals surface area (Å²) in [6, 6.07) is 0. The average Bonchev–Trinajstić information content (AvgIpc) is 2.58. The molecule has 0 aromatic carbocycles. The third-order valence-corrected chi connectivity index (χ3v) is 3.26. The first-order valence-electron chi connectivity index (χ1n) is 4.80. The van der Waals surface area contributed by atoms with Crippen LogP contribution >= 0.6 is 11.8 Å². The van der Waals surface area contributed by atoms with Crippen molar-refractivity contribution in [1.29, 1.82) is 0 Å². The number of nitrogens with zero attached hydrogens (tertiary/aromatic N) is 3. The highest BCUT2D eigenvalue weighted by Crippen LogP contribution is 2.07. The normalized spacial score (nSPS) is 13.1. The largest absolute Gasteiger partial charge is 0.320 e. The van der Waals surface area contributed by atoms with E-state index in [1.807, 2.05) is 23.4 Å². The van der Waals surface area contributed by atoms with E-state index in [1.54, 1.807) is 6.33 Å². The van der Waals surface area contributed by atoms with Gasteiger partial charge in [-0.1, -0.05) is 6.92 Å². The van der Waals surface area contributed by atoms with Crippen LogP contribution in [0.25, 0.3) is 0 Å². The molecule has 80 valence electrons. The summed E-state index contributed by atoms with van der Waals surface area (Å²) in [7, 11) is 1.96. The molecule has 4 nitrogen and oxygen atoms in total. The van der Waals surface area contributed by atoms with Crippen molar-refractivity contribution in [2.45, 2.75) is 25.1 Å². The highest BCUT2D eigenvalue weighted by molar-refractivity contribution is 7.99. The first-order chi connectivity index (χ1) is 6.74. The van der Waals surface area contributed by atoms with E-state index >= 15 is 0 Å². The zero-order valence-corrected chi connectivity index (χ0v) is 9.84. The van der Waals surface area contributed by atoms with Crippen molar-refractivity contribution in [3.63, 3.8) is 0 Å². The lowest BCUT2D eigenvalue weighted by atomic mass is 10.3. The minimum atomic E-state index is 0.724. The van der Waals surface area contributed by atoms with Crippen molar-refractivity contribution in [2.24, 2.45) is 7.05 Å². The molecule has 0 spiro atoms. The van der Waals surface area contributed by atoms with Gasteiger partial charge in [-0.05, 0) is 19.2 Å². The van der Waals surface area contributed by atoms with Crippen LogP contribution in [0.4, 0.5) is 0 Å².